The fourth-order valence-electron chi connectivity index (χ4n) is 2.99. The highest BCUT2D eigenvalue weighted by atomic mass is 16.5. The Balaban J connectivity index is 1.47. The first-order valence-electron chi connectivity index (χ1n) is 6.81. The lowest BCUT2D eigenvalue weighted by Crippen LogP contribution is -2.68. The van der Waals surface area contributed by atoms with Gasteiger partial charge in [-0.15, -0.1) is 0 Å². The molecular weight excluding hydrogens is 242 g/mol. The second kappa shape index (κ2) is 5.27. The number of aryl methyl sites for hydroxylation is 1. The van der Waals surface area contributed by atoms with E-state index < -0.39 is 0 Å². The summed E-state index contributed by atoms with van der Waals surface area (Å²) in [7, 11) is 0. The minimum Gasteiger partial charge on any atom is -0.376 e. The van der Waals surface area contributed by atoms with Gasteiger partial charge in [0.25, 0.3) is 0 Å². The topological polar surface area (TPSA) is 77.2 Å². The van der Waals surface area contributed by atoms with Gasteiger partial charge in [0.05, 0.1) is 12.1 Å². The van der Waals surface area contributed by atoms with Crippen molar-refractivity contribution in [1.29, 1.82) is 0 Å². The van der Waals surface area contributed by atoms with Gasteiger partial charge in [0.2, 0.25) is 5.91 Å². The van der Waals surface area contributed by atoms with E-state index in [1.54, 1.807) is 12.4 Å². The van der Waals surface area contributed by atoms with Crippen LogP contribution in [0.5, 0.6) is 0 Å². The number of amides is 1. The van der Waals surface area contributed by atoms with Crippen LogP contribution in [-0.2, 0) is 16.0 Å². The fraction of sp³-hybridized carbons (Fsp3) is 0.571. The third-order valence-electron chi connectivity index (χ3n) is 4.14. The monoisotopic (exact) mass is 261 g/mol. The molecular formula is C14H19N3O2. The molecule has 0 bridgehead atoms. The van der Waals surface area contributed by atoms with Crippen LogP contribution in [0.4, 0.5) is 0 Å². The molecule has 0 spiro atoms. The van der Waals surface area contributed by atoms with Crippen LogP contribution >= 0.6 is 0 Å². The number of fused-ring (bicyclic) bond motifs is 1. The van der Waals surface area contributed by atoms with Gasteiger partial charge in [0, 0.05) is 37.4 Å². The van der Waals surface area contributed by atoms with Gasteiger partial charge < -0.3 is 15.8 Å². The molecule has 1 aromatic rings. The summed E-state index contributed by atoms with van der Waals surface area (Å²) < 4.78 is 5.59. The molecule has 19 heavy (non-hydrogen) atoms. The second-order valence-electron chi connectivity index (χ2n) is 5.32. The van der Waals surface area contributed by atoms with E-state index in [1.165, 1.54) is 0 Å². The van der Waals surface area contributed by atoms with Gasteiger partial charge in [0.1, 0.15) is 0 Å². The number of hydrogen-bond donors (Lipinski definition) is 2. The number of carbonyl (C=O) groups excluding carboxylic acids is 1. The SMILES string of the molecule is NC1C2CCOC2C1NC(=O)CCc1cccnc1. The molecule has 1 amide bonds. The van der Waals surface area contributed by atoms with Crippen LogP contribution in [0, 0.1) is 5.92 Å². The second-order valence-corrected chi connectivity index (χ2v) is 5.32. The largest absolute Gasteiger partial charge is 0.376 e. The van der Waals surface area contributed by atoms with Crippen molar-refractivity contribution >= 4 is 5.91 Å². The van der Waals surface area contributed by atoms with Crippen molar-refractivity contribution in [3.63, 3.8) is 0 Å². The molecule has 1 aliphatic carbocycles. The van der Waals surface area contributed by atoms with Crippen LogP contribution in [0.25, 0.3) is 0 Å². The number of nitrogens with zero attached hydrogens (tertiary/aromatic N) is 1. The highest BCUT2D eigenvalue weighted by Gasteiger charge is 2.52. The Bertz CT molecular complexity index is 451. The van der Waals surface area contributed by atoms with Crippen molar-refractivity contribution in [2.75, 3.05) is 6.61 Å². The first-order chi connectivity index (χ1) is 9.25. The molecule has 4 atom stereocenters. The maximum Gasteiger partial charge on any atom is 0.220 e. The van der Waals surface area contributed by atoms with E-state index in [0.717, 1.165) is 18.6 Å². The third-order valence-corrected chi connectivity index (χ3v) is 4.14. The van der Waals surface area contributed by atoms with E-state index in [1.807, 2.05) is 12.1 Å². The summed E-state index contributed by atoms with van der Waals surface area (Å²) >= 11 is 0. The molecule has 3 N–H and O–H groups in total. The van der Waals surface area contributed by atoms with Crippen LogP contribution in [0.2, 0.25) is 0 Å². The summed E-state index contributed by atoms with van der Waals surface area (Å²) in [6.45, 7) is 0.769. The maximum absolute atomic E-state index is 11.9. The molecule has 1 saturated heterocycles. The van der Waals surface area contributed by atoms with Gasteiger partial charge in [-0.25, -0.2) is 0 Å². The minimum atomic E-state index is -0.00565. The van der Waals surface area contributed by atoms with Crippen LogP contribution in [0.15, 0.2) is 24.5 Å². The minimum absolute atomic E-state index is 0.00565. The van der Waals surface area contributed by atoms with Crippen molar-refractivity contribution in [3.05, 3.63) is 30.1 Å². The summed E-state index contributed by atoms with van der Waals surface area (Å²) in [4.78, 5) is 15.9. The number of nitrogens with one attached hydrogen (secondary N) is 1. The summed E-state index contributed by atoms with van der Waals surface area (Å²) in [6.07, 6.45) is 5.85. The Morgan fingerprint density at radius 2 is 2.47 bits per heavy atom. The maximum atomic E-state index is 11.9. The van der Waals surface area contributed by atoms with Gasteiger partial charge in [-0.3, -0.25) is 9.78 Å². The third kappa shape index (κ3) is 2.48. The summed E-state index contributed by atoms with van der Waals surface area (Å²) in [5.41, 5.74) is 7.13. The molecule has 3 rings (SSSR count). The Kier molecular flexibility index (Phi) is 3.48. The first kappa shape index (κ1) is 12.6. The predicted molar refractivity (Wildman–Crippen MR) is 70.3 cm³/mol. The smallest absolute Gasteiger partial charge is 0.220 e. The molecule has 5 heteroatoms. The molecule has 5 nitrogen and oxygen atoms in total. The van der Waals surface area contributed by atoms with Crippen LogP contribution in [0.1, 0.15) is 18.4 Å². The van der Waals surface area contributed by atoms with Crippen molar-refractivity contribution < 1.29 is 9.53 Å². The van der Waals surface area contributed by atoms with Gasteiger partial charge in [-0.1, -0.05) is 6.07 Å². The number of nitrogens with two attached hydrogens (primary N) is 1. The Morgan fingerprint density at radius 1 is 1.58 bits per heavy atom. The van der Waals surface area contributed by atoms with E-state index in [2.05, 4.69) is 10.3 Å². The fourth-order valence-corrected chi connectivity index (χ4v) is 2.99. The highest BCUT2D eigenvalue weighted by Crippen LogP contribution is 2.37. The number of ether oxygens (including phenoxy) is 1. The lowest BCUT2D eigenvalue weighted by molar-refractivity contribution is -0.125. The van der Waals surface area contributed by atoms with E-state index >= 15 is 0 Å². The molecule has 1 aliphatic heterocycles. The Morgan fingerprint density at radius 3 is 3.26 bits per heavy atom. The van der Waals surface area contributed by atoms with E-state index in [0.29, 0.717) is 18.8 Å². The van der Waals surface area contributed by atoms with Crippen molar-refractivity contribution in [2.45, 2.75) is 37.5 Å². The van der Waals surface area contributed by atoms with Crippen LogP contribution < -0.4 is 11.1 Å². The number of pyridine rings is 1. The molecule has 2 aliphatic rings. The van der Waals surface area contributed by atoms with Gasteiger partial charge in [0.15, 0.2) is 0 Å². The highest BCUT2D eigenvalue weighted by molar-refractivity contribution is 5.76. The number of hydrogen-bond acceptors (Lipinski definition) is 4. The summed E-state index contributed by atoms with van der Waals surface area (Å²) in [5, 5.41) is 3.00. The average molecular weight is 261 g/mol. The molecule has 4 unspecified atom stereocenters. The summed E-state index contributed by atoms with van der Waals surface area (Å²) in [6, 6.07) is 3.90. The Labute approximate surface area is 112 Å². The molecule has 1 aromatic heterocycles. The average Bonchev–Trinajstić information content (AvgIpc) is 2.88. The first-order valence-corrected chi connectivity index (χ1v) is 6.81. The van der Waals surface area contributed by atoms with Crippen molar-refractivity contribution in [2.24, 2.45) is 11.7 Å². The number of rotatable bonds is 4. The number of carbonyl (C=O) groups is 1. The van der Waals surface area contributed by atoms with E-state index in [9.17, 15) is 4.79 Å². The van der Waals surface area contributed by atoms with Gasteiger partial charge in [-0.05, 0) is 24.5 Å². The standard InChI is InChI=1S/C14H19N3O2/c15-12-10-5-7-19-14(10)13(12)17-11(18)4-3-9-2-1-6-16-8-9/h1-2,6,8,10,12-14H,3-5,7,15H2,(H,17,18). The van der Waals surface area contributed by atoms with Crippen LogP contribution in [0.3, 0.4) is 0 Å². The van der Waals surface area contributed by atoms with E-state index in [-0.39, 0.29) is 24.1 Å². The molecule has 0 radical (unpaired) electrons. The zero-order valence-corrected chi connectivity index (χ0v) is 10.8. The molecule has 1 saturated carbocycles. The van der Waals surface area contributed by atoms with Gasteiger partial charge >= 0.3 is 0 Å². The molecule has 0 aromatic carbocycles. The Hall–Kier alpha value is -1.46. The van der Waals surface area contributed by atoms with Crippen molar-refractivity contribution in [1.82, 2.24) is 10.3 Å². The lowest BCUT2D eigenvalue weighted by Gasteiger charge is -2.45. The number of aromatic nitrogens is 1. The lowest BCUT2D eigenvalue weighted by atomic mass is 9.72. The quantitative estimate of drug-likeness (QED) is 0.814. The van der Waals surface area contributed by atoms with E-state index in [4.69, 9.17) is 10.5 Å². The zero-order chi connectivity index (χ0) is 13.2. The summed E-state index contributed by atoms with van der Waals surface area (Å²) in [5.74, 6) is 0.474. The molecule has 2 fully saturated rings. The molecule has 102 valence electrons. The van der Waals surface area contributed by atoms with Gasteiger partial charge in [-0.2, -0.15) is 0 Å². The predicted octanol–water partition coefficient (Wildman–Crippen LogP) is 0.245. The van der Waals surface area contributed by atoms with Crippen molar-refractivity contribution in [3.8, 4) is 0 Å². The zero-order valence-electron chi connectivity index (χ0n) is 10.8. The normalized spacial score (nSPS) is 32.5. The molecule has 2 heterocycles. The van der Waals surface area contributed by atoms with Crippen LogP contribution in [-0.4, -0.2) is 35.7 Å².